The monoisotopic (exact) mass is 338 g/mol. The first-order valence-corrected chi connectivity index (χ1v) is 8.29. The molecule has 0 bridgehead atoms. The largest absolute Gasteiger partial charge is 0.490 e. The van der Waals surface area contributed by atoms with Crippen LogP contribution in [-0.2, 0) is 0 Å². The van der Waals surface area contributed by atoms with Gasteiger partial charge in [0.2, 0.25) is 0 Å². The molecule has 1 saturated heterocycles. The molecule has 0 unspecified atom stereocenters. The fourth-order valence-electron chi connectivity index (χ4n) is 3.03. The summed E-state index contributed by atoms with van der Waals surface area (Å²) < 4.78 is 18.9. The number of carbonyl (C=O) groups excluding carboxylic acids is 1. The Bertz CT molecular complexity index is 803. The van der Waals surface area contributed by atoms with Crippen molar-refractivity contribution in [2.45, 2.75) is 25.9 Å². The summed E-state index contributed by atoms with van der Waals surface area (Å²) in [5, 5.41) is 9.33. The zero-order chi connectivity index (χ0) is 17.8. The number of halogens is 1. The average Bonchev–Trinajstić information content (AvgIpc) is 2.63. The minimum absolute atomic E-state index is 0.0136. The van der Waals surface area contributed by atoms with Crippen LogP contribution in [0.2, 0.25) is 0 Å². The van der Waals surface area contributed by atoms with Crippen LogP contribution in [0.1, 0.15) is 35.7 Å². The van der Waals surface area contributed by atoms with Crippen molar-refractivity contribution < 1.29 is 13.9 Å². The van der Waals surface area contributed by atoms with E-state index in [4.69, 9.17) is 4.74 Å². The summed E-state index contributed by atoms with van der Waals surface area (Å²) in [5.74, 6) is 0.368. The van der Waals surface area contributed by atoms with E-state index in [2.05, 4.69) is 11.0 Å². The molecule has 0 saturated carbocycles. The number of hydrogen-bond acceptors (Lipinski definition) is 4. The summed E-state index contributed by atoms with van der Waals surface area (Å²) >= 11 is 0. The topological polar surface area (TPSA) is 53.3 Å². The molecule has 2 aromatic rings. The Balaban J connectivity index is 1.68. The molecule has 128 valence electrons. The van der Waals surface area contributed by atoms with Gasteiger partial charge in [-0.15, -0.1) is 0 Å². The molecule has 0 N–H and O–H groups in total. The minimum Gasteiger partial charge on any atom is -0.490 e. The van der Waals surface area contributed by atoms with E-state index in [9.17, 15) is 14.4 Å². The van der Waals surface area contributed by atoms with Crippen LogP contribution < -0.4 is 9.64 Å². The summed E-state index contributed by atoms with van der Waals surface area (Å²) in [6.07, 6.45) is 1.65. The SMILES string of the molecule is CC(=O)c1ccc(C#N)c(N2CCC(Oc3ccc(F)cc3)CC2)c1. The van der Waals surface area contributed by atoms with Crippen LogP contribution in [0.15, 0.2) is 42.5 Å². The molecule has 1 fully saturated rings. The molecule has 0 spiro atoms. The number of nitriles is 1. The number of hydrogen-bond donors (Lipinski definition) is 0. The standard InChI is InChI=1S/C20H19FN2O2/c1-14(24)15-2-3-16(13-22)20(12-15)23-10-8-19(9-11-23)25-18-6-4-17(21)5-7-18/h2-7,12,19H,8-11H2,1H3. The first-order chi connectivity index (χ1) is 12.1. The van der Waals surface area contributed by atoms with E-state index in [1.807, 2.05) is 0 Å². The Labute approximate surface area is 146 Å². The predicted molar refractivity (Wildman–Crippen MR) is 93.4 cm³/mol. The summed E-state index contributed by atoms with van der Waals surface area (Å²) in [7, 11) is 0. The van der Waals surface area contributed by atoms with Gasteiger partial charge in [0.05, 0.1) is 11.3 Å². The van der Waals surface area contributed by atoms with Crippen LogP contribution in [0.3, 0.4) is 0 Å². The number of piperidine rings is 1. The third-order valence-electron chi connectivity index (χ3n) is 4.42. The maximum Gasteiger partial charge on any atom is 0.159 e. The predicted octanol–water partition coefficient (Wildman–Crippen LogP) is 3.95. The van der Waals surface area contributed by atoms with Crippen molar-refractivity contribution in [2.24, 2.45) is 0 Å². The molecular formula is C20H19FN2O2. The van der Waals surface area contributed by atoms with Gasteiger partial charge in [-0.2, -0.15) is 5.26 Å². The molecule has 0 aliphatic carbocycles. The van der Waals surface area contributed by atoms with Crippen LogP contribution >= 0.6 is 0 Å². The van der Waals surface area contributed by atoms with E-state index in [1.54, 1.807) is 30.3 Å². The summed E-state index contributed by atoms with van der Waals surface area (Å²) in [5.41, 5.74) is 1.98. The first kappa shape index (κ1) is 17.0. The highest BCUT2D eigenvalue weighted by molar-refractivity contribution is 5.95. The second kappa shape index (κ2) is 7.35. The van der Waals surface area contributed by atoms with E-state index in [0.717, 1.165) is 31.6 Å². The van der Waals surface area contributed by atoms with Crippen LogP contribution in [0.5, 0.6) is 5.75 Å². The molecule has 4 nitrogen and oxygen atoms in total. The lowest BCUT2D eigenvalue weighted by atomic mass is 10.0. The lowest BCUT2D eigenvalue weighted by Crippen LogP contribution is -2.38. The molecule has 5 heteroatoms. The number of benzene rings is 2. The van der Waals surface area contributed by atoms with E-state index < -0.39 is 0 Å². The van der Waals surface area contributed by atoms with Crippen molar-refractivity contribution in [3.8, 4) is 11.8 Å². The summed E-state index contributed by atoms with van der Waals surface area (Å²) in [4.78, 5) is 13.7. The van der Waals surface area contributed by atoms with Gasteiger partial charge >= 0.3 is 0 Å². The van der Waals surface area contributed by atoms with Gasteiger partial charge in [-0.25, -0.2) is 4.39 Å². The number of Topliss-reactive ketones (excluding diaryl/α,β-unsaturated/α-hetero) is 1. The number of rotatable bonds is 4. The second-order valence-corrected chi connectivity index (χ2v) is 6.16. The maximum absolute atomic E-state index is 13.0. The quantitative estimate of drug-likeness (QED) is 0.792. The lowest BCUT2D eigenvalue weighted by molar-refractivity contribution is 0.101. The minimum atomic E-state index is -0.281. The van der Waals surface area contributed by atoms with Crippen LogP contribution in [0, 0.1) is 17.1 Å². The number of carbonyl (C=O) groups is 1. The number of ether oxygens (including phenoxy) is 1. The second-order valence-electron chi connectivity index (χ2n) is 6.16. The van der Waals surface area contributed by atoms with Crippen LogP contribution in [0.4, 0.5) is 10.1 Å². The summed E-state index contributed by atoms with van der Waals surface area (Å²) in [6, 6.07) is 13.4. The van der Waals surface area contributed by atoms with E-state index in [1.165, 1.54) is 19.1 Å². The third-order valence-corrected chi connectivity index (χ3v) is 4.42. The van der Waals surface area contributed by atoms with E-state index in [-0.39, 0.29) is 17.7 Å². The van der Waals surface area contributed by atoms with Crippen LogP contribution in [-0.4, -0.2) is 25.0 Å². The maximum atomic E-state index is 13.0. The normalized spacial score (nSPS) is 14.8. The molecule has 3 rings (SSSR count). The van der Waals surface area contributed by atoms with Gasteiger partial charge in [-0.05, 0) is 49.4 Å². The number of ketones is 1. The third kappa shape index (κ3) is 3.97. The molecule has 0 atom stereocenters. The van der Waals surface area contributed by atoms with Crippen molar-refractivity contribution in [3.63, 3.8) is 0 Å². The van der Waals surface area contributed by atoms with Crippen molar-refractivity contribution >= 4 is 11.5 Å². The molecule has 1 aliphatic rings. The highest BCUT2D eigenvalue weighted by Gasteiger charge is 2.23. The Morgan fingerprint density at radius 3 is 2.48 bits per heavy atom. The van der Waals surface area contributed by atoms with Gasteiger partial charge in [0.15, 0.2) is 5.78 Å². The molecule has 1 heterocycles. The summed E-state index contributed by atoms with van der Waals surface area (Å²) in [6.45, 7) is 3.00. The fraction of sp³-hybridized carbons (Fsp3) is 0.300. The van der Waals surface area contributed by atoms with Gasteiger partial charge in [-0.1, -0.05) is 0 Å². The smallest absolute Gasteiger partial charge is 0.159 e. The molecule has 2 aromatic carbocycles. The van der Waals surface area contributed by atoms with Gasteiger partial charge in [0, 0.05) is 31.5 Å². The average molecular weight is 338 g/mol. The molecule has 0 aromatic heterocycles. The molecule has 0 radical (unpaired) electrons. The zero-order valence-electron chi connectivity index (χ0n) is 14.0. The van der Waals surface area contributed by atoms with Crippen molar-refractivity contribution in [1.29, 1.82) is 5.26 Å². The molecule has 0 amide bonds. The van der Waals surface area contributed by atoms with Crippen molar-refractivity contribution in [1.82, 2.24) is 0 Å². The van der Waals surface area contributed by atoms with Gasteiger partial charge in [0.25, 0.3) is 0 Å². The van der Waals surface area contributed by atoms with Gasteiger partial charge in [0.1, 0.15) is 23.7 Å². The van der Waals surface area contributed by atoms with E-state index >= 15 is 0 Å². The van der Waals surface area contributed by atoms with Crippen LogP contribution in [0.25, 0.3) is 0 Å². The number of nitrogens with zero attached hydrogens (tertiary/aromatic N) is 2. The lowest BCUT2D eigenvalue weighted by Gasteiger charge is -2.34. The first-order valence-electron chi connectivity index (χ1n) is 8.29. The molecule has 1 aliphatic heterocycles. The Hall–Kier alpha value is -2.87. The van der Waals surface area contributed by atoms with Gasteiger partial charge in [-0.3, -0.25) is 4.79 Å². The number of anilines is 1. The molecular weight excluding hydrogens is 319 g/mol. The Kier molecular flexibility index (Phi) is 4.99. The zero-order valence-corrected chi connectivity index (χ0v) is 14.0. The van der Waals surface area contributed by atoms with E-state index in [0.29, 0.717) is 16.9 Å². The van der Waals surface area contributed by atoms with Gasteiger partial charge < -0.3 is 9.64 Å². The Morgan fingerprint density at radius 2 is 1.88 bits per heavy atom. The fourth-order valence-corrected chi connectivity index (χ4v) is 3.03. The van der Waals surface area contributed by atoms with Crippen molar-refractivity contribution in [3.05, 3.63) is 59.4 Å². The Morgan fingerprint density at radius 1 is 1.20 bits per heavy atom. The molecule has 25 heavy (non-hydrogen) atoms. The highest BCUT2D eigenvalue weighted by Crippen LogP contribution is 2.27. The van der Waals surface area contributed by atoms with Crippen molar-refractivity contribution in [2.75, 3.05) is 18.0 Å². The highest BCUT2D eigenvalue weighted by atomic mass is 19.1.